The molecular formula is C19H16FN3O4. The molecule has 1 aromatic heterocycles. The molecule has 0 aliphatic rings. The molecule has 3 rings (SSSR count). The first-order valence-electron chi connectivity index (χ1n) is 8.15. The van der Waals surface area contributed by atoms with Crippen LogP contribution in [0.3, 0.4) is 0 Å². The molecule has 0 saturated carbocycles. The Morgan fingerprint density at radius 1 is 1.22 bits per heavy atom. The molecule has 1 heterocycles. The van der Waals surface area contributed by atoms with Gasteiger partial charge in [0.2, 0.25) is 5.43 Å². The Morgan fingerprint density at radius 3 is 2.67 bits per heavy atom. The molecule has 7 nitrogen and oxygen atoms in total. The molecule has 138 valence electrons. The Bertz CT molecular complexity index is 1110. The van der Waals surface area contributed by atoms with Gasteiger partial charge in [0.15, 0.2) is 5.69 Å². The SMILES string of the molecule is CCn1nc(C(=O)Nc2ccccc2C(=O)OC)c(=O)c2cc(F)ccc21. The molecule has 0 aliphatic heterocycles. The molecule has 0 aliphatic carbocycles. The minimum absolute atomic E-state index is 0.0539. The highest BCUT2D eigenvalue weighted by molar-refractivity contribution is 6.07. The van der Waals surface area contributed by atoms with Crippen molar-refractivity contribution in [3.05, 3.63) is 69.8 Å². The van der Waals surface area contributed by atoms with Crippen molar-refractivity contribution in [3.63, 3.8) is 0 Å². The number of ether oxygens (including phenoxy) is 1. The van der Waals surface area contributed by atoms with Gasteiger partial charge in [0, 0.05) is 6.54 Å². The maximum atomic E-state index is 13.6. The van der Waals surface area contributed by atoms with Crippen LogP contribution in [-0.2, 0) is 11.3 Å². The number of para-hydroxylation sites is 1. The fourth-order valence-corrected chi connectivity index (χ4v) is 2.71. The number of aryl methyl sites for hydroxylation is 1. The largest absolute Gasteiger partial charge is 0.465 e. The van der Waals surface area contributed by atoms with Gasteiger partial charge in [0.1, 0.15) is 5.82 Å². The van der Waals surface area contributed by atoms with Gasteiger partial charge in [-0.25, -0.2) is 9.18 Å². The summed E-state index contributed by atoms with van der Waals surface area (Å²) < 4.78 is 19.7. The van der Waals surface area contributed by atoms with Gasteiger partial charge in [-0.15, -0.1) is 0 Å². The minimum atomic E-state index is -0.801. The van der Waals surface area contributed by atoms with Crippen LogP contribution in [0.2, 0.25) is 0 Å². The lowest BCUT2D eigenvalue weighted by molar-refractivity contribution is 0.0602. The molecule has 2 aromatic carbocycles. The number of anilines is 1. The molecule has 3 aromatic rings. The van der Waals surface area contributed by atoms with Gasteiger partial charge in [0.25, 0.3) is 5.91 Å². The summed E-state index contributed by atoms with van der Waals surface area (Å²) >= 11 is 0. The van der Waals surface area contributed by atoms with Crippen molar-refractivity contribution < 1.29 is 18.7 Å². The molecule has 0 bridgehead atoms. The lowest BCUT2D eigenvalue weighted by Gasteiger charge is -2.12. The summed E-state index contributed by atoms with van der Waals surface area (Å²) in [5.74, 6) is -2.02. The summed E-state index contributed by atoms with van der Waals surface area (Å²) in [6, 6.07) is 9.96. The molecular weight excluding hydrogens is 353 g/mol. The number of benzene rings is 2. The van der Waals surface area contributed by atoms with Gasteiger partial charge in [-0.3, -0.25) is 14.3 Å². The molecule has 27 heavy (non-hydrogen) atoms. The number of carbonyl (C=O) groups excluding carboxylic acids is 2. The number of rotatable bonds is 4. The number of fused-ring (bicyclic) bond motifs is 1. The van der Waals surface area contributed by atoms with Crippen molar-refractivity contribution >= 4 is 28.5 Å². The molecule has 1 amide bonds. The van der Waals surface area contributed by atoms with E-state index in [1.54, 1.807) is 19.1 Å². The molecule has 0 radical (unpaired) electrons. The zero-order valence-corrected chi connectivity index (χ0v) is 14.7. The van der Waals surface area contributed by atoms with Crippen LogP contribution >= 0.6 is 0 Å². The first-order valence-corrected chi connectivity index (χ1v) is 8.15. The number of esters is 1. The lowest BCUT2D eigenvalue weighted by Crippen LogP contribution is -2.27. The van der Waals surface area contributed by atoms with E-state index >= 15 is 0 Å². The fraction of sp³-hybridized carbons (Fsp3) is 0.158. The number of carbonyl (C=O) groups is 2. The second-order valence-corrected chi connectivity index (χ2v) is 5.65. The highest BCUT2D eigenvalue weighted by atomic mass is 19.1. The monoisotopic (exact) mass is 369 g/mol. The van der Waals surface area contributed by atoms with Crippen LogP contribution in [0.4, 0.5) is 10.1 Å². The van der Waals surface area contributed by atoms with Crippen LogP contribution in [-0.4, -0.2) is 28.8 Å². The maximum Gasteiger partial charge on any atom is 0.339 e. The number of halogens is 1. The number of amides is 1. The highest BCUT2D eigenvalue weighted by Gasteiger charge is 2.20. The molecule has 0 spiro atoms. The number of hydrogen-bond acceptors (Lipinski definition) is 5. The van der Waals surface area contributed by atoms with E-state index in [1.807, 2.05) is 0 Å². The molecule has 0 unspecified atom stereocenters. The third-order valence-corrected chi connectivity index (χ3v) is 4.01. The smallest absolute Gasteiger partial charge is 0.339 e. The van der Waals surface area contributed by atoms with Gasteiger partial charge >= 0.3 is 5.97 Å². The molecule has 1 N–H and O–H groups in total. The van der Waals surface area contributed by atoms with Crippen molar-refractivity contribution in [2.75, 3.05) is 12.4 Å². The Labute approximate surface area is 153 Å². The van der Waals surface area contributed by atoms with Crippen LogP contribution in [0.15, 0.2) is 47.3 Å². The number of methoxy groups -OCH3 is 1. The van der Waals surface area contributed by atoms with E-state index in [-0.39, 0.29) is 16.6 Å². The average molecular weight is 369 g/mol. The van der Waals surface area contributed by atoms with E-state index in [1.165, 1.54) is 36.1 Å². The zero-order chi connectivity index (χ0) is 19.6. The normalized spacial score (nSPS) is 10.6. The van der Waals surface area contributed by atoms with Gasteiger partial charge in [-0.05, 0) is 37.3 Å². The Morgan fingerprint density at radius 2 is 1.96 bits per heavy atom. The zero-order valence-electron chi connectivity index (χ0n) is 14.7. The maximum absolute atomic E-state index is 13.6. The fourth-order valence-electron chi connectivity index (χ4n) is 2.71. The van der Waals surface area contributed by atoms with Crippen molar-refractivity contribution in [3.8, 4) is 0 Å². The predicted molar refractivity (Wildman–Crippen MR) is 97.4 cm³/mol. The number of hydrogen-bond donors (Lipinski definition) is 1. The summed E-state index contributed by atoms with van der Waals surface area (Å²) in [5.41, 5.74) is -0.346. The van der Waals surface area contributed by atoms with Crippen LogP contribution in [0.25, 0.3) is 10.9 Å². The van der Waals surface area contributed by atoms with Crippen LogP contribution < -0.4 is 10.7 Å². The van der Waals surface area contributed by atoms with Crippen molar-refractivity contribution in [1.29, 1.82) is 0 Å². The highest BCUT2D eigenvalue weighted by Crippen LogP contribution is 2.17. The van der Waals surface area contributed by atoms with Crippen LogP contribution in [0.5, 0.6) is 0 Å². The summed E-state index contributed by atoms with van der Waals surface area (Å²) in [4.78, 5) is 37.2. The van der Waals surface area contributed by atoms with E-state index in [4.69, 9.17) is 0 Å². The second-order valence-electron chi connectivity index (χ2n) is 5.65. The number of nitrogens with zero attached hydrogens (tertiary/aromatic N) is 2. The summed E-state index contributed by atoms with van der Waals surface area (Å²) in [5, 5.41) is 6.65. The van der Waals surface area contributed by atoms with Gasteiger partial charge in [-0.2, -0.15) is 5.10 Å². The van der Waals surface area contributed by atoms with E-state index in [2.05, 4.69) is 15.2 Å². The number of nitrogens with one attached hydrogen (secondary N) is 1. The second kappa shape index (κ2) is 7.36. The first kappa shape index (κ1) is 18.2. The Kier molecular flexibility index (Phi) is 4.98. The van der Waals surface area contributed by atoms with Crippen LogP contribution in [0.1, 0.15) is 27.8 Å². The number of aromatic nitrogens is 2. The van der Waals surface area contributed by atoms with Gasteiger partial charge in [0.05, 0.1) is 29.3 Å². The third kappa shape index (κ3) is 3.41. The predicted octanol–water partition coefficient (Wildman–Crippen LogP) is 2.59. The third-order valence-electron chi connectivity index (χ3n) is 4.01. The van der Waals surface area contributed by atoms with E-state index in [0.29, 0.717) is 12.1 Å². The summed E-state index contributed by atoms with van der Waals surface area (Å²) in [7, 11) is 1.22. The van der Waals surface area contributed by atoms with Gasteiger partial charge < -0.3 is 10.1 Å². The molecule has 0 saturated heterocycles. The van der Waals surface area contributed by atoms with Crippen LogP contribution in [0, 0.1) is 5.82 Å². The average Bonchev–Trinajstić information content (AvgIpc) is 2.68. The topological polar surface area (TPSA) is 90.3 Å². The van der Waals surface area contributed by atoms with Gasteiger partial charge in [-0.1, -0.05) is 12.1 Å². The standard InChI is InChI=1S/C19H16FN3O4/c1-3-23-15-9-8-11(20)10-13(15)17(24)16(22-23)18(25)21-14-7-5-4-6-12(14)19(26)27-2/h4-10H,3H2,1-2H3,(H,21,25). The van der Waals surface area contributed by atoms with Crippen molar-refractivity contribution in [1.82, 2.24) is 9.78 Å². The summed E-state index contributed by atoms with van der Waals surface area (Å²) in [6.07, 6.45) is 0. The quantitative estimate of drug-likeness (QED) is 0.714. The first-order chi connectivity index (χ1) is 13.0. The van der Waals surface area contributed by atoms with E-state index in [0.717, 1.165) is 6.07 Å². The Balaban J connectivity index is 2.09. The summed E-state index contributed by atoms with van der Waals surface area (Å²) in [6.45, 7) is 2.16. The lowest BCUT2D eigenvalue weighted by atomic mass is 10.1. The van der Waals surface area contributed by atoms with Crippen molar-refractivity contribution in [2.45, 2.75) is 13.5 Å². The molecule has 0 atom stereocenters. The Hall–Kier alpha value is -3.55. The van der Waals surface area contributed by atoms with E-state index in [9.17, 15) is 18.8 Å². The molecule has 0 fully saturated rings. The van der Waals surface area contributed by atoms with Crippen molar-refractivity contribution in [2.24, 2.45) is 0 Å². The minimum Gasteiger partial charge on any atom is -0.465 e. The molecule has 8 heteroatoms. The van der Waals surface area contributed by atoms with E-state index < -0.39 is 28.8 Å².